The monoisotopic (exact) mass is 347 g/mol. The van der Waals surface area contributed by atoms with Crippen molar-refractivity contribution in [3.05, 3.63) is 0 Å². The highest BCUT2D eigenvalue weighted by molar-refractivity contribution is 4.58. The fourth-order valence-electron chi connectivity index (χ4n) is 1.86. The summed E-state index contributed by atoms with van der Waals surface area (Å²) in [6.45, 7) is 10.2. The van der Waals surface area contributed by atoms with Gasteiger partial charge in [-0.1, -0.05) is 0 Å². The minimum absolute atomic E-state index is 0.748. The zero-order valence-corrected chi connectivity index (χ0v) is 17.5. The van der Waals surface area contributed by atoms with Gasteiger partial charge in [0, 0.05) is 65.4 Å². The summed E-state index contributed by atoms with van der Waals surface area (Å²) in [6, 6.07) is 0. The second-order valence-electron chi connectivity index (χ2n) is 7.09. The van der Waals surface area contributed by atoms with Crippen molar-refractivity contribution < 1.29 is 0 Å². The molecular weight excluding hydrogens is 302 g/mol. The van der Waals surface area contributed by atoms with Crippen LogP contribution in [-0.4, -0.2) is 139 Å². The van der Waals surface area contributed by atoms with Crippen molar-refractivity contribution in [3.8, 4) is 0 Å². The number of nitrogens with two attached hydrogens (primary N) is 2. The standard InChI is InChI=1S/C10H26N4.C7H19N3/c1-12(2)7-8-14(4)10-9-13(3)6-5-11;1-9(2)6-7-10(3)5-4-8/h5-11H2,1-4H3;4-8H2,1-3H3. The van der Waals surface area contributed by atoms with Crippen LogP contribution in [0.5, 0.6) is 0 Å². The van der Waals surface area contributed by atoms with Gasteiger partial charge in [0.15, 0.2) is 0 Å². The minimum Gasteiger partial charge on any atom is -0.329 e. The van der Waals surface area contributed by atoms with Gasteiger partial charge >= 0.3 is 0 Å². The molecule has 7 heteroatoms. The first-order chi connectivity index (χ1) is 11.2. The van der Waals surface area contributed by atoms with Crippen molar-refractivity contribution in [1.29, 1.82) is 0 Å². The van der Waals surface area contributed by atoms with Gasteiger partial charge in [-0.2, -0.15) is 0 Å². The van der Waals surface area contributed by atoms with E-state index in [1.807, 2.05) is 0 Å². The average molecular weight is 348 g/mol. The molecular formula is C17H45N7. The van der Waals surface area contributed by atoms with Crippen molar-refractivity contribution in [2.45, 2.75) is 0 Å². The van der Waals surface area contributed by atoms with Crippen LogP contribution >= 0.6 is 0 Å². The Labute approximate surface area is 151 Å². The highest BCUT2D eigenvalue weighted by Gasteiger charge is 2.01. The summed E-state index contributed by atoms with van der Waals surface area (Å²) in [6.07, 6.45) is 0. The first kappa shape index (κ1) is 26.0. The van der Waals surface area contributed by atoms with Crippen LogP contribution in [-0.2, 0) is 0 Å². The van der Waals surface area contributed by atoms with E-state index in [1.54, 1.807) is 0 Å². The third kappa shape index (κ3) is 21.7. The van der Waals surface area contributed by atoms with Gasteiger partial charge in [0.1, 0.15) is 0 Å². The quantitative estimate of drug-likeness (QED) is 0.434. The van der Waals surface area contributed by atoms with Gasteiger partial charge in [-0.3, -0.25) is 0 Å². The molecule has 0 aliphatic rings. The Morgan fingerprint density at radius 1 is 0.417 bits per heavy atom. The maximum Gasteiger partial charge on any atom is 0.0107 e. The van der Waals surface area contributed by atoms with Crippen molar-refractivity contribution in [3.63, 3.8) is 0 Å². The summed E-state index contributed by atoms with van der Waals surface area (Å²) in [5, 5.41) is 0. The lowest BCUT2D eigenvalue weighted by atomic mass is 10.4. The second-order valence-corrected chi connectivity index (χ2v) is 7.09. The summed E-state index contributed by atoms with van der Waals surface area (Å²) in [7, 11) is 14.7. The average Bonchev–Trinajstić information content (AvgIpc) is 2.50. The molecule has 0 spiro atoms. The fourth-order valence-corrected chi connectivity index (χ4v) is 1.86. The van der Waals surface area contributed by atoms with Crippen molar-refractivity contribution in [2.75, 3.05) is 115 Å². The normalized spacial score (nSPS) is 11.8. The smallest absolute Gasteiger partial charge is 0.0107 e. The Bertz CT molecular complexity index is 249. The van der Waals surface area contributed by atoms with Crippen LogP contribution in [0.2, 0.25) is 0 Å². The van der Waals surface area contributed by atoms with Crippen LogP contribution < -0.4 is 11.5 Å². The summed E-state index contributed by atoms with van der Waals surface area (Å²) in [5.74, 6) is 0. The summed E-state index contributed by atoms with van der Waals surface area (Å²) in [4.78, 5) is 11.2. The number of nitrogens with zero attached hydrogens (tertiary/aromatic N) is 5. The fraction of sp³-hybridized carbons (Fsp3) is 1.00. The topological polar surface area (TPSA) is 68.2 Å². The van der Waals surface area contributed by atoms with Crippen LogP contribution in [0, 0.1) is 0 Å². The molecule has 0 heterocycles. The van der Waals surface area contributed by atoms with E-state index >= 15 is 0 Å². The molecule has 24 heavy (non-hydrogen) atoms. The van der Waals surface area contributed by atoms with E-state index in [1.165, 1.54) is 0 Å². The molecule has 0 atom stereocenters. The molecule has 0 aliphatic heterocycles. The van der Waals surface area contributed by atoms with Gasteiger partial charge < -0.3 is 36.0 Å². The first-order valence-corrected chi connectivity index (χ1v) is 8.98. The zero-order chi connectivity index (χ0) is 19.0. The molecule has 0 aliphatic carbocycles. The predicted molar refractivity (Wildman–Crippen MR) is 108 cm³/mol. The SMILES string of the molecule is CN(C)CCN(C)CCN.CN(C)CCN(C)CCN(C)CCN. The molecule has 0 saturated heterocycles. The third-order valence-corrected chi connectivity index (χ3v) is 3.74. The van der Waals surface area contributed by atoms with E-state index < -0.39 is 0 Å². The van der Waals surface area contributed by atoms with Gasteiger partial charge in [-0.15, -0.1) is 0 Å². The van der Waals surface area contributed by atoms with E-state index in [0.717, 1.165) is 65.4 Å². The Kier molecular flexibility index (Phi) is 19.0. The Morgan fingerprint density at radius 2 is 0.667 bits per heavy atom. The van der Waals surface area contributed by atoms with Crippen molar-refractivity contribution >= 4 is 0 Å². The molecule has 0 rings (SSSR count). The summed E-state index contributed by atoms with van der Waals surface area (Å²) < 4.78 is 0. The summed E-state index contributed by atoms with van der Waals surface area (Å²) in [5.41, 5.74) is 10.9. The molecule has 0 aromatic rings. The predicted octanol–water partition coefficient (Wildman–Crippen LogP) is -1.19. The first-order valence-electron chi connectivity index (χ1n) is 8.98. The molecule has 0 unspecified atom stereocenters. The van der Waals surface area contributed by atoms with Gasteiger partial charge in [0.25, 0.3) is 0 Å². The molecule has 0 bridgehead atoms. The Morgan fingerprint density at radius 3 is 0.917 bits per heavy atom. The van der Waals surface area contributed by atoms with Crippen molar-refractivity contribution in [1.82, 2.24) is 24.5 Å². The van der Waals surface area contributed by atoms with Crippen LogP contribution in [0.15, 0.2) is 0 Å². The molecule has 7 nitrogen and oxygen atoms in total. The van der Waals surface area contributed by atoms with Gasteiger partial charge in [-0.25, -0.2) is 0 Å². The number of hydrogen-bond acceptors (Lipinski definition) is 7. The molecule has 4 N–H and O–H groups in total. The Balaban J connectivity index is 0. The lowest BCUT2D eigenvalue weighted by Gasteiger charge is -2.22. The number of rotatable bonds is 13. The third-order valence-electron chi connectivity index (χ3n) is 3.74. The highest BCUT2D eigenvalue weighted by atomic mass is 15.2. The molecule has 0 aromatic carbocycles. The second kappa shape index (κ2) is 17.5. The summed E-state index contributed by atoms with van der Waals surface area (Å²) >= 11 is 0. The molecule has 0 aromatic heterocycles. The van der Waals surface area contributed by atoms with E-state index in [2.05, 4.69) is 73.8 Å². The molecule has 0 radical (unpaired) electrons. The largest absolute Gasteiger partial charge is 0.329 e. The number of likely N-dealkylation sites (N-methyl/N-ethyl adjacent to an activating group) is 5. The highest BCUT2D eigenvalue weighted by Crippen LogP contribution is 1.87. The maximum absolute atomic E-state index is 5.47. The van der Waals surface area contributed by atoms with Crippen LogP contribution in [0.4, 0.5) is 0 Å². The number of hydrogen-bond donors (Lipinski definition) is 2. The van der Waals surface area contributed by atoms with E-state index in [9.17, 15) is 0 Å². The van der Waals surface area contributed by atoms with Gasteiger partial charge in [0.2, 0.25) is 0 Å². The minimum atomic E-state index is 0.748. The molecule has 0 fully saturated rings. The van der Waals surface area contributed by atoms with Crippen LogP contribution in [0.3, 0.4) is 0 Å². The van der Waals surface area contributed by atoms with Crippen molar-refractivity contribution in [2.24, 2.45) is 11.5 Å². The maximum atomic E-state index is 5.47. The van der Waals surface area contributed by atoms with Gasteiger partial charge in [-0.05, 0) is 49.3 Å². The lowest BCUT2D eigenvalue weighted by molar-refractivity contribution is 0.240. The molecule has 0 amide bonds. The molecule has 0 saturated carbocycles. The van der Waals surface area contributed by atoms with Crippen LogP contribution in [0.25, 0.3) is 0 Å². The zero-order valence-electron chi connectivity index (χ0n) is 17.5. The van der Waals surface area contributed by atoms with E-state index in [4.69, 9.17) is 11.5 Å². The van der Waals surface area contributed by atoms with E-state index in [0.29, 0.717) is 0 Å². The molecule has 148 valence electrons. The van der Waals surface area contributed by atoms with E-state index in [-0.39, 0.29) is 0 Å². The van der Waals surface area contributed by atoms with Crippen LogP contribution in [0.1, 0.15) is 0 Å². The lowest BCUT2D eigenvalue weighted by Crippen LogP contribution is -2.36. The van der Waals surface area contributed by atoms with Gasteiger partial charge in [0.05, 0.1) is 0 Å². The Hall–Kier alpha value is -0.280.